The molecule has 3 rings (SSSR count). The van der Waals surface area contributed by atoms with E-state index in [9.17, 15) is 4.79 Å². The Hall–Kier alpha value is -2.62. The minimum absolute atomic E-state index is 0.0272. The molecule has 1 heterocycles. The van der Waals surface area contributed by atoms with Gasteiger partial charge in [0.25, 0.3) is 0 Å². The number of aryl methyl sites for hydroxylation is 2. The summed E-state index contributed by atoms with van der Waals surface area (Å²) in [5, 5.41) is 3.18. The number of imidazole rings is 1. The van der Waals surface area contributed by atoms with Crippen LogP contribution in [0.4, 0.5) is 0 Å². The van der Waals surface area contributed by atoms with Crippen molar-refractivity contribution in [2.75, 3.05) is 0 Å². The van der Waals surface area contributed by atoms with Crippen molar-refractivity contribution in [3.63, 3.8) is 0 Å². The van der Waals surface area contributed by atoms with Crippen LogP contribution in [0, 0.1) is 19.8 Å². The number of fused-ring (bicyclic) bond motifs is 1. The molecule has 0 unspecified atom stereocenters. The van der Waals surface area contributed by atoms with E-state index in [2.05, 4.69) is 55.1 Å². The minimum atomic E-state index is -0.110. The van der Waals surface area contributed by atoms with Crippen LogP contribution >= 0.6 is 0 Å². The second-order valence-corrected chi connectivity index (χ2v) is 7.48. The van der Waals surface area contributed by atoms with Crippen LogP contribution in [0.25, 0.3) is 11.0 Å². The third-order valence-electron chi connectivity index (χ3n) is 4.72. The van der Waals surface area contributed by atoms with E-state index >= 15 is 0 Å². The fourth-order valence-corrected chi connectivity index (χ4v) is 3.19. The first-order valence-corrected chi connectivity index (χ1v) is 9.22. The van der Waals surface area contributed by atoms with Crippen molar-refractivity contribution in [1.82, 2.24) is 15.3 Å². The lowest BCUT2D eigenvalue weighted by molar-refractivity contribution is -0.121. The number of rotatable bonds is 6. The number of hydrogen-bond donors (Lipinski definition) is 2. The maximum atomic E-state index is 12.6. The summed E-state index contributed by atoms with van der Waals surface area (Å²) in [5.74, 6) is 1.31. The second-order valence-electron chi connectivity index (χ2n) is 7.48. The molecule has 1 aromatic heterocycles. The van der Waals surface area contributed by atoms with E-state index < -0.39 is 0 Å². The highest BCUT2D eigenvalue weighted by molar-refractivity contribution is 5.79. The first-order chi connectivity index (χ1) is 12.4. The first-order valence-electron chi connectivity index (χ1n) is 9.22. The molecule has 2 N–H and O–H groups in total. The van der Waals surface area contributed by atoms with Crippen molar-refractivity contribution >= 4 is 16.9 Å². The highest BCUT2D eigenvalue weighted by Crippen LogP contribution is 2.22. The van der Waals surface area contributed by atoms with Crippen molar-refractivity contribution in [3.05, 3.63) is 65.0 Å². The summed E-state index contributed by atoms with van der Waals surface area (Å²) in [7, 11) is 0. The van der Waals surface area contributed by atoms with Gasteiger partial charge < -0.3 is 10.3 Å². The molecule has 26 heavy (non-hydrogen) atoms. The van der Waals surface area contributed by atoms with E-state index in [-0.39, 0.29) is 11.9 Å². The Balaban J connectivity index is 1.77. The van der Waals surface area contributed by atoms with Gasteiger partial charge in [0.2, 0.25) is 5.91 Å². The Bertz CT molecular complexity index is 878. The van der Waals surface area contributed by atoms with Crippen molar-refractivity contribution < 1.29 is 4.79 Å². The molecule has 2 aromatic carbocycles. The zero-order valence-corrected chi connectivity index (χ0v) is 16.0. The van der Waals surface area contributed by atoms with Gasteiger partial charge in [-0.05, 0) is 55.0 Å². The molecule has 0 fully saturated rings. The fourth-order valence-electron chi connectivity index (χ4n) is 3.19. The van der Waals surface area contributed by atoms with Crippen molar-refractivity contribution in [1.29, 1.82) is 0 Å². The maximum absolute atomic E-state index is 12.6. The molecular weight excluding hydrogens is 322 g/mol. The van der Waals surface area contributed by atoms with Crippen LogP contribution in [0.2, 0.25) is 0 Å². The van der Waals surface area contributed by atoms with Gasteiger partial charge in [-0.25, -0.2) is 4.98 Å². The predicted octanol–water partition coefficient (Wildman–Crippen LogP) is 4.63. The quantitative estimate of drug-likeness (QED) is 0.682. The number of nitrogens with one attached hydrogen (secondary N) is 2. The molecule has 0 aliphatic heterocycles. The van der Waals surface area contributed by atoms with Gasteiger partial charge in [0.1, 0.15) is 5.82 Å². The molecule has 3 aromatic rings. The van der Waals surface area contributed by atoms with Gasteiger partial charge in [-0.15, -0.1) is 0 Å². The predicted molar refractivity (Wildman–Crippen MR) is 106 cm³/mol. The summed E-state index contributed by atoms with van der Waals surface area (Å²) in [6, 6.07) is 14.0. The van der Waals surface area contributed by atoms with Crippen LogP contribution in [0.1, 0.15) is 48.8 Å². The maximum Gasteiger partial charge on any atom is 0.225 e. The molecule has 4 nitrogen and oxygen atoms in total. The Morgan fingerprint density at radius 1 is 1.12 bits per heavy atom. The highest BCUT2D eigenvalue weighted by atomic mass is 16.1. The molecule has 0 saturated heterocycles. The summed E-state index contributed by atoms with van der Waals surface area (Å²) in [4.78, 5) is 20.7. The zero-order valence-electron chi connectivity index (χ0n) is 16.0. The largest absolute Gasteiger partial charge is 0.346 e. The van der Waals surface area contributed by atoms with E-state index in [1.165, 1.54) is 11.1 Å². The van der Waals surface area contributed by atoms with Gasteiger partial charge in [-0.1, -0.05) is 44.2 Å². The molecule has 0 radical (unpaired) electrons. The molecule has 136 valence electrons. The van der Waals surface area contributed by atoms with Crippen molar-refractivity contribution in [2.45, 2.75) is 46.6 Å². The van der Waals surface area contributed by atoms with Gasteiger partial charge in [0.15, 0.2) is 0 Å². The number of carbonyl (C=O) groups is 1. The number of amides is 1. The lowest BCUT2D eigenvalue weighted by atomic mass is 10.0. The molecule has 0 saturated carbocycles. The zero-order chi connectivity index (χ0) is 18.7. The van der Waals surface area contributed by atoms with Crippen molar-refractivity contribution in [3.8, 4) is 0 Å². The standard InChI is InChI=1S/C22H27N3O/c1-14(2)11-20(22-24-18-7-5-6-8-19(18)25-22)23-21(26)13-17-10-9-15(3)16(4)12-17/h5-10,12,14,20H,11,13H2,1-4H3,(H,23,26)(H,24,25)/t20-/m1/s1. The van der Waals surface area contributed by atoms with Crippen LogP contribution in [-0.4, -0.2) is 15.9 Å². The molecule has 4 heteroatoms. The minimum Gasteiger partial charge on any atom is -0.346 e. The third kappa shape index (κ3) is 4.31. The highest BCUT2D eigenvalue weighted by Gasteiger charge is 2.20. The van der Waals surface area contributed by atoms with E-state index in [4.69, 9.17) is 0 Å². The van der Waals surface area contributed by atoms with Gasteiger partial charge in [-0.2, -0.15) is 0 Å². The van der Waals surface area contributed by atoms with E-state index in [0.717, 1.165) is 28.8 Å². The van der Waals surface area contributed by atoms with Gasteiger partial charge in [-0.3, -0.25) is 4.79 Å². The van der Waals surface area contributed by atoms with Gasteiger partial charge in [0, 0.05) is 0 Å². The van der Waals surface area contributed by atoms with Crippen LogP contribution in [0.15, 0.2) is 42.5 Å². The molecule has 0 spiro atoms. The lowest BCUT2D eigenvalue weighted by Crippen LogP contribution is -2.31. The topological polar surface area (TPSA) is 57.8 Å². The Morgan fingerprint density at radius 3 is 2.58 bits per heavy atom. The number of carbonyl (C=O) groups excluding carboxylic acids is 1. The Labute approximate surface area is 155 Å². The SMILES string of the molecule is Cc1ccc(CC(=O)N[C@H](CC(C)C)c2nc3ccccc3[nH]2)cc1C. The number of para-hydroxylation sites is 2. The molecule has 1 amide bonds. The van der Waals surface area contributed by atoms with E-state index in [0.29, 0.717) is 12.3 Å². The summed E-state index contributed by atoms with van der Waals surface area (Å²) >= 11 is 0. The average molecular weight is 349 g/mol. The molecule has 0 aliphatic rings. The molecule has 1 atom stereocenters. The van der Waals surface area contributed by atoms with Gasteiger partial charge >= 0.3 is 0 Å². The fraction of sp³-hybridized carbons (Fsp3) is 0.364. The number of hydrogen-bond acceptors (Lipinski definition) is 2. The third-order valence-corrected chi connectivity index (χ3v) is 4.72. The number of aromatic amines is 1. The van der Waals surface area contributed by atoms with Crippen LogP contribution in [0.3, 0.4) is 0 Å². The number of H-pyrrole nitrogens is 1. The smallest absolute Gasteiger partial charge is 0.225 e. The van der Waals surface area contributed by atoms with E-state index in [1.807, 2.05) is 30.3 Å². The van der Waals surface area contributed by atoms with Crippen LogP contribution in [-0.2, 0) is 11.2 Å². The lowest BCUT2D eigenvalue weighted by Gasteiger charge is -2.19. The Morgan fingerprint density at radius 2 is 1.88 bits per heavy atom. The first kappa shape index (κ1) is 18.2. The molecule has 0 aliphatic carbocycles. The summed E-state index contributed by atoms with van der Waals surface area (Å²) in [5.41, 5.74) is 5.43. The summed E-state index contributed by atoms with van der Waals surface area (Å²) in [6.45, 7) is 8.47. The molecular formula is C22H27N3O. The monoisotopic (exact) mass is 349 g/mol. The number of nitrogens with zero attached hydrogens (tertiary/aromatic N) is 1. The van der Waals surface area contributed by atoms with Crippen molar-refractivity contribution in [2.24, 2.45) is 5.92 Å². The summed E-state index contributed by atoms with van der Waals surface area (Å²) in [6.07, 6.45) is 1.23. The molecule has 0 bridgehead atoms. The average Bonchev–Trinajstić information content (AvgIpc) is 3.01. The van der Waals surface area contributed by atoms with Gasteiger partial charge in [0.05, 0.1) is 23.5 Å². The summed E-state index contributed by atoms with van der Waals surface area (Å²) < 4.78 is 0. The van der Waals surface area contributed by atoms with Crippen LogP contribution in [0.5, 0.6) is 0 Å². The van der Waals surface area contributed by atoms with E-state index in [1.54, 1.807) is 0 Å². The Kier molecular flexibility index (Phi) is 5.40. The number of benzene rings is 2. The van der Waals surface area contributed by atoms with Crippen LogP contribution < -0.4 is 5.32 Å². The normalized spacial score (nSPS) is 12.5. The second kappa shape index (κ2) is 7.73. The number of aromatic nitrogens is 2.